The maximum atomic E-state index is 13.2. The van der Waals surface area contributed by atoms with Gasteiger partial charge >= 0.3 is 0 Å². The molecule has 3 aromatic carbocycles. The minimum absolute atomic E-state index is 0.119. The van der Waals surface area contributed by atoms with Crippen molar-refractivity contribution < 1.29 is 17.9 Å². The predicted molar refractivity (Wildman–Crippen MR) is 116 cm³/mol. The summed E-state index contributed by atoms with van der Waals surface area (Å²) in [7, 11) is -2.24. The van der Waals surface area contributed by atoms with Gasteiger partial charge in [0, 0.05) is 0 Å². The van der Waals surface area contributed by atoms with E-state index in [9.17, 15) is 8.42 Å². The van der Waals surface area contributed by atoms with E-state index in [1.54, 1.807) is 50.4 Å². The first-order valence-corrected chi connectivity index (χ1v) is 10.8. The standard InChI is InChI=1S/C23H25NO4S/c1-16(2)19-15-23(17(3)14-22(19)27-4)29(25,26)24-20-12-8-9-13-21(20)28-18-10-6-5-7-11-18/h5-16,24H,1-4H3. The minimum atomic E-state index is -3.83. The summed E-state index contributed by atoms with van der Waals surface area (Å²) < 4.78 is 40.4. The molecule has 0 aliphatic rings. The summed E-state index contributed by atoms with van der Waals surface area (Å²) in [6.45, 7) is 5.76. The van der Waals surface area contributed by atoms with Gasteiger partial charge in [-0.05, 0) is 60.4 Å². The number of sulfonamides is 1. The van der Waals surface area contributed by atoms with Crippen LogP contribution in [-0.2, 0) is 10.0 Å². The molecule has 0 bridgehead atoms. The van der Waals surface area contributed by atoms with Crippen LogP contribution in [-0.4, -0.2) is 15.5 Å². The van der Waals surface area contributed by atoms with Crippen LogP contribution in [0.4, 0.5) is 5.69 Å². The van der Waals surface area contributed by atoms with Gasteiger partial charge in [-0.3, -0.25) is 4.72 Å². The Morgan fingerprint density at radius 3 is 2.21 bits per heavy atom. The topological polar surface area (TPSA) is 64.6 Å². The van der Waals surface area contributed by atoms with Crippen molar-refractivity contribution in [3.63, 3.8) is 0 Å². The van der Waals surface area contributed by atoms with Crippen molar-refractivity contribution in [2.45, 2.75) is 31.6 Å². The first-order valence-electron chi connectivity index (χ1n) is 9.35. The third kappa shape index (κ3) is 4.71. The molecule has 0 fully saturated rings. The van der Waals surface area contributed by atoms with Gasteiger partial charge in [0.25, 0.3) is 10.0 Å². The molecule has 0 atom stereocenters. The summed E-state index contributed by atoms with van der Waals surface area (Å²) in [5.41, 5.74) is 1.82. The van der Waals surface area contributed by atoms with Crippen LogP contribution in [0.3, 0.4) is 0 Å². The number of benzene rings is 3. The quantitative estimate of drug-likeness (QED) is 0.540. The molecule has 29 heavy (non-hydrogen) atoms. The second-order valence-corrected chi connectivity index (χ2v) is 8.68. The number of rotatable bonds is 7. The molecule has 0 aromatic heterocycles. The molecule has 0 heterocycles. The number of nitrogens with one attached hydrogen (secondary N) is 1. The summed E-state index contributed by atoms with van der Waals surface area (Å²) >= 11 is 0. The van der Waals surface area contributed by atoms with E-state index in [-0.39, 0.29) is 10.8 Å². The van der Waals surface area contributed by atoms with E-state index in [2.05, 4.69) is 4.72 Å². The van der Waals surface area contributed by atoms with Crippen molar-refractivity contribution in [1.82, 2.24) is 0 Å². The van der Waals surface area contributed by atoms with Crippen LogP contribution in [0, 0.1) is 6.92 Å². The maximum Gasteiger partial charge on any atom is 0.262 e. The fraction of sp³-hybridized carbons (Fsp3) is 0.217. The van der Waals surface area contributed by atoms with Crippen LogP contribution in [0.25, 0.3) is 0 Å². The SMILES string of the molecule is COc1cc(C)c(S(=O)(=O)Nc2ccccc2Oc2ccccc2)cc1C(C)C. The van der Waals surface area contributed by atoms with Crippen molar-refractivity contribution in [3.8, 4) is 17.2 Å². The van der Waals surface area contributed by atoms with Gasteiger partial charge in [-0.2, -0.15) is 0 Å². The maximum absolute atomic E-state index is 13.2. The van der Waals surface area contributed by atoms with Gasteiger partial charge in [-0.25, -0.2) is 8.42 Å². The Kier molecular flexibility index (Phi) is 6.13. The molecular formula is C23H25NO4S. The summed E-state index contributed by atoms with van der Waals surface area (Å²) in [5.74, 6) is 1.86. The third-order valence-corrected chi connectivity index (χ3v) is 6.05. The molecule has 0 radical (unpaired) electrons. The third-order valence-electron chi connectivity index (χ3n) is 4.54. The Hall–Kier alpha value is -2.99. The first kappa shape index (κ1) is 20.7. The number of hydrogen-bond donors (Lipinski definition) is 1. The minimum Gasteiger partial charge on any atom is -0.496 e. The monoisotopic (exact) mass is 411 g/mol. The lowest BCUT2D eigenvalue weighted by Gasteiger charge is -2.18. The molecule has 0 amide bonds. The number of para-hydroxylation sites is 3. The molecule has 1 N–H and O–H groups in total. The van der Waals surface area contributed by atoms with E-state index in [0.717, 1.165) is 5.56 Å². The molecule has 3 aromatic rings. The summed E-state index contributed by atoms with van der Waals surface area (Å²) in [4.78, 5) is 0.219. The smallest absolute Gasteiger partial charge is 0.262 e. The average Bonchev–Trinajstić information content (AvgIpc) is 2.69. The van der Waals surface area contributed by atoms with Crippen LogP contribution in [0.2, 0.25) is 0 Å². The van der Waals surface area contributed by atoms with Crippen molar-refractivity contribution in [1.29, 1.82) is 0 Å². The van der Waals surface area contributed by atoms with Gasteiger partial charge in [-0.15, -0.1) is 0 Å². The highest BCUT2D eigenvalue weighted by molar-refractivity contribution is 7.92. The van der Waals surface area contributed by atoms with E-state index in [1.807, 2.05) is 44.2 Å². The van der Waals surface area contributed by atoms with E-state index >= 15 is 0 Å². The largest absolute Gasteiger partial charge is 0.496 e. The van der Waals surface area contributed by atoms with Crippen LogP contribution < -0.4 is 14.2 Å². The Morgan fingerprint density at radius 1 is 0.897 bits per heavy atom. The zero-order valence-electron chi connectivity index (χ0n) is 17.0. The second kappa shape index (κ2) is 8.57. The molecule has 152 valence electrons. The van der Waals surface area contributed by atoms with Gasteiger partial charge in [0.05, 0.1) is 17.7 Å². The highest BCUT2D eigenvalue weighted by atomic mass is 32.2. The van der Waals surface area contributed by atoms with Crippen LogP contribution in [0.1, 0.15) is 30.9 Å². The lowest BCUT2D eigenvalue weighted by Crippen LogP contribution is -2.15. The molecule has 0 saturated heterocycles. The molecule has 0 unspecified atom stereocenters. The van der Waals surface area contributed by atoms with Gasteiger partial charge < -0.3 is 9.47 Å². The number of aryl methyl sites for hydroxylation is 1. The Morgan fingerprint density at radius 2 is 1.55 bits per heavy atom. The van der Waals surface area contributed by atoms with Crippen LogP contribution >= 0.6 is 0 Å². The molecule has 0 aliphatic heterocycles. The number of hydrogen-bond acceptors (Lipinski definition) is 4. The average molecular weight is 412 g/mol. The molecular weight excluding hydrogens is 386 g/mol. The van der Waals surface area contributed by atoms with E-state index in [0.29, 0.717) is 28.5 Å². The van der Waals surface area contributed by atoms with Crippen LogP contribution in [0.15, 0.2) is 71.6 Å². The molecule has 0 aliphatic carbocycles. The number of anilines is 1. The Bertz CT molecular complexity index is 1090. The van der Waals surface area contributed by atoms with Gasteiger partial charge in [0.2, 0.25) is 0 Å². The van der Waals surface area contributed by atoms with E-state index < -0.39 is 10.0 Å². The fourth-order valence-corrected chi connectivity index (χ4v) is 4.38. The lowest BCUT2D eigenvalue weighted by molar-refractivity contribution is 0.406. The predicted octanol–water partition coefficient (Wildman–Crippen LogP) is 5.72. The zero-order valence-corrected chi connectivity index (χ0v) is 17.8. The Balaban J connectivity index is 1.98. The molecule has 3 rings (SSSR count). The normalized spacial score (nSPS) is 11.3. The second-order valence-electron chi connectivity index (χ2n) is 7.03. The molecule has 5 nitrogen and oxygen atoms in total. The first-order chi connectivity index (χ1) is 13.8. The van der Waals surface area contributed by atoms with E-state index in [1.165, 1.54) is 0 Å². The number of ether oxygens (including phenoxy) is 2. The van der Waals surface area contributed by atoms with Crippen molar-refractivity contribution in [2.75, 3.05) is 11.8 Å². The fourth-order valence-electron chi connectivity index (χ4n) is 3.05. The lowest BCUT2D eigenvalue weighted by atomic mass is 10.0. The summed E-state index contributed by atoms with van der Waals surface area (Å²) in [6, 6.07) is 19.6. The van der Waals surface area contributed by atoms with Crippen molar-refractivity contribution in [3.05, 3.63) is 77.9 Å². The summed E-state index contributed by atoms with van der Waals surface area (Å²) in [5, 5.41) is 0. The molecule has 0 spiro atoms. The van der Waals surface area contributed by atoms with Crippen molar-refractivity contribution >= 4 is 15.7 Å². The Labute approximate surface area is 172 Å². The number of methoxy groups -OCH3 is 1. The highest BCUT2D eigenvalue weighted by Crippen LogP contribution is 2.34. The van der Waals surface area contributed by atoms with Gasteiger partial charge in [0.1, 0.15) is 11.5 Å². The highest BCUT2D eigenvalue weighted by Gasteiger charge is 2.22. The molecule has 0 saturated carbocycles. The van der Waals surface area contributed by atoms with Gasteiger partial charge in [0.15, 0.2) is 5.75 Å². The van der Waals surface area contributed by atoms with Crippen molar-refractivity contribution in [2.24, 2.45) is 0 Å². The van der Waals surface area contributed by atoms with E-state index in [4.69, 9.17) is 9.47 Å². The molecule has 6 heteroatoms. The summed E-state index contributed by atoms with van der Waals surface area (Å²) in [6.07, 6.45) is 0. The van der Waals surface area contributed by atoms with Crippen LogP contribution in [0.5, 0.6) is 17.2 Å². The van der Waals surface area contributed by atoms with Gasteiger partial charge in [-0.1, -0.05) is 44.2 Å². The zero-order chi connectivity index (χ0) is 21.0.